The Kier molecular flexibility index (Phi) is 6.85. The molecule has 7 heteroatoms. The molecule has 26 heavy (non-hydrogen) atoms. The number of aliphatic hydroxyl groups excluding tert-OH is 1. The van der Waals surface area contributed by atoms with E-state index in [0.29, 0.717) is 19.6 Å². The Hall–Kier alpha value is -1.67. The maximum Gasteiger partial charge on any atom is 0.317 e. The minimum Gasteiger partial charge on any atom is -0.388 e. The number of hydrogen-bond donors (Lipinski definition) is 2. The second-order valence-corrected chi connectivity index (χ2v) is 7.08. The lowest BCUT2D eigenvalue weighted by Crippen LogP contribution is -2.49. The summed E-state index contributed by atoms with van der Waals surface area (Å²) in [5.41, 5.74) is 1.36. The van der Waals surface area contributed by atoms with Crippen LogP contribution < -0.4 is 5.32 Å². The van der Waals surface area contributed by atoms with E-state index in [9.17, 15) is 9.90 Å². The lowest BCUT2D eigenvalue weighted by atomic mass is 10.2. The van der Waals surface area contributed by atoms with E-state index in [1.54, 1.807) is 12.0 Å². The number of piperazine rings is 1. The molecule has 2 N–H and O–H groups in total. The molecule has 2 fully saturated rings. The number of rotatable bonds is 6. The predicted octanol–water partition coefficient (Wildman–Crippen LogP) is 0.205. The fraction of sp³-hybridized carbons (Fsp3) is 0.632. The van der Waals surface area contributed by atoms with Gasteiger partial charge in [0.25, 0.3) is 0 Å². The van der Waals surface area contributed by atoms with Crippen LogP contribution in [-0.4, -0.2) is 97.5 Å². The molecule has 2 aliphatic rings. The minimum atomic E-state index is -0.594. The van der Waals surface area contributed by atoms with E-state index in [1.807, 2.05) is 6.07 Å². The van der Waals surface area contributed by atoms with Gasteiger partial charge >= 0.3 is 6.03 Å². The van der Waals surface area contributed by atoms with Crippen LogP contribution in [0.15, 0.2) is 30.3 Å². The first-order chi connectivity index (χ1) is 12.7. The zero-order valence-corrected chi connectivity index (χ0v) is 15.5. The van der Waals surface area contributed by atoms with Gasteiger partial charge in [-0.25, -0.2) is 4.79 Å². The van der Waals surface area contributed by atoms with Crippen molar-refractivity contribution >= 4 is 6.03 Å². The van der Waals surface area contributed by atoms with Crippen molar-refractivity contribution < 1.29 is 14.6 Å². The SMILES string of the molecule is COC1CN(C(=O)NCCN2CCN(Cc3ccccc3)CC2)CC1O. The number of aliphatic hydroxyl groups is 1. The molecule has 1 aromatic carbocycles. The summed E-state index contributed by atoms with van der Waals surface area (Å²) in [6.45, 7) is 7.42. The molecular weight excluding hydrogens is 332 g/mol. The molecule has 0 aliphatic carbocycles. The van der Waals surface area contributed by atoms with Gasteiger partial charge in [0.05, 0.1) is 19.2 Å². The summed E-state index contributed by atoms with van der Waals surface area (Å²) in [6, 6.07) is 10.4. The highest BCUT2D eigenvalue weighted by molar-refractivity contribution is 5.74. The van der Waals surface area contributed by atoms with Crippen LogP contribution in [0.25, 0.3) is 0 Å². The van der Waals surface area contributed by atoms with Crippen molar-refractivity contribution in [2.75, 3.05) is 59.5 Å². The number of ether oxygens (including phenoxy) is 1. The van der Waals surface area contributed by atoms with Gasteiger partial charge in [-0.1, -0.05) is 30.3 Å². The molecule has 2 atom stereocenters. The van der Waals surface area contributed by atoms with Gasteiger partial charge in [-0.15, -0.1) is 0 Å². The lowest BCUT2D eigenvalue weighted by molar-refractivity contribution is 0.0215. The van der Waals surface area contributed by atoms with Crippen molar-refractivity contribution in [3.8, 4) is 0 Å². The Balaban J connectivity index is 1.31. The number of urea groups is 1. The van der Waals surface area contributed by atoms with Crippen molar-refractivity contribution in [1.29, 1.82) is 0 Å². The van der Waals surface area contributed by atoms with Crippen LogP contribution >= 0.6 is 0 Å². The highest BCUT2D eigenvalue weighted by atomic mass is 16.5. The molecule has 7 nitrogen and oxygen atoms in total. The van der Waals surface area contributed by atoms with E-state index in [0.717, 1.165) is 39.3 Å². The third-order valence-electron chi connectivity index (χ3n) is 5.25. The summed E-state index contributed by atoms with van der Waals surface area (Å²) in [4.78, 5) is 18.7. The van der Waals surface area contributed by atoms with Gasteiger partial charge in [0.2, 0.25) is 0 Å². The van der Waals surface area contributed by atoms with Gasteiger partial charge < -0.3 is 20.1 Å². The molecule has 2 heterocycles. The Bertz CT molecular complexity index is 563. The predicted molar refractivity (Wildman–Crippen MR) is 99.9 cm³/mol. The number of amides is 2. The summed E-state index contributed by atoms with van der Waals surface area (Å²) in [5.74, 6) is 0. The van der Waals surface area contributed by atoms with Crippen molar-refractivity contribution in [1.82, 2.24) is 20.0 Å². The average Bonchev–Trinajstić information content (AvgIpc) is 3.05. The maximum absolute atomic E-state index is 12.2. The molecule has 0 saturated carbocycles. The van der Waals surface area contributed by atoms with Crippen LogP contribution in [0, 0.1) is 0 Å². The second-order valence-electron chi connectivity index (χ2n) is 7.08. The molecule has 1 aromatic rings. The monoisotopic (exact) mass is 362 g/mol. The number of likely N-dealkylation sites (tertiary alicyclic amines) is 1. The summed E-state index contributed by atoms with van der Waals surface area (Å²) < 4.78 is 5.17. The van der Waals surface area contributed by atoms with Gasteiger partial charge in [0.1, 0.15) is 6.10 Å². The fourth-order valence-corrected chi connectivity index (χ4v) is 3.60. The van der Waals surface area contributed by atoms with Crippen LogP contribution in [-0.2, 0) is 11.3 Å². The molecule has 2 saturated heterocycles. The van der Waals surface area contributed by atoms with Crippen LogP contribution in [0.1, 0.15) is 5.56 Å². The molecule has 0 aromatic heterocycles. The topological polar surface area (TPSA) is 68.3 Å². The van der Waals surface area contributed by atoms with Crippen LogP contribution in [0.2, 0.25) is 0 Å². The summed E-state index contributed by atoms with van der Waals surface area (Å²) in [6.07, 6.45) is -0.873. The van der Waals surface area contributed by atoms with Gasteiger partial charge in [0, 0.05) is 52.9 Å². The number of carbonyl (C=O) groups is 1. The van der Waals surface area contributed by atoms with E-state index in [-0.39, 0.29) is 12.1 Å². The molecule has 2 aliphatic heterocycles. The standard InChI is InChI=1S/C19H30N4O3/c1-26-18-15-23(14-17(18)24)19(25)20-7-8-21-9-11-22(12-10-21)13-16-5-3-2-4-6-16/h2-6,17-18,24H,7-15H2,1H3,(H,20,25). The van der Waals surface area contributed by atoms with Crippen LogP contribution in [0.4, 0.5) is 4.79 Å². The van der Waals surface area contributed by atoms with E-state index in [1.165, 1.54) is 5.56 Å². The molecule has 0 spiro atoms. The Morgan fingerprint density at radius 3 is 2.50 bits per heavy atom. The number of benzene rings is 1. The van der Waals surface area contributed by atoms with Gasteiger partial charge in [0.15, 0.2) is 0 Å². The van der Waals surface area contributed by atoms with Crippen LogP contribution in [0.3, 0.4) is 0 Å². The van der Waals surface area contributed by atoms with E-state index < -0.39 is 6.10 Å². The molecule has 144 valence electrons. The number of hydrogen-bond acceptors (Lipinski definition) is 5. The van der Waals surface area contributed by atoms with E-state index >= 15 is 0 Å². The number of nitrogens with zero attached hydrogens (tertiary/aromatic N) is 3. The van der Waals surface area contributed by atoms with Crippen molar-refractivity contribution in [2.45, 2.75) is 18.8 Å². The van der Waals surface area contributed by atoms with Crippen LogP contribution in [0.5, 0.6) is 0 Å². The molecule has 0 radical (unpaired) electrons. The largest absolute Gasteiger partial charge is 0.388 e. The third-order valence-corrected chi connectivity index (χ3v) is 5.25. The zero-order valence-electron chi connectivity index (χ0n) is 15.5. The highest BCUT2D eigenvalue weighted by Crippen LogP contribution is 2.12. The Labute approximate surface area is 155 Å². The first-order valence-corrected chi connectivity index (χ1v) is 9.38. The third kappa shape index (κ3) is 5.17. The number of carbonyl (C=O) groups excluding carboxylic acids is 1. The van der Waals surface area contributed by atoms with Gasteiger partial charge in [-0.3, -0.25) is 9.80 Å². The highest BCUT2D eigenvalue weighted by Gasteiger charge is 2.33. The summed E-state index contributed by atoms with van der Waals surface area (Å²) >= 11 is 0. The smallest absolute Gasteiger partial charge is 0.317 e. The molecule has 0 bridgehead atoms. The fourth-order valence-electron chi connectivity index (χ4n) is 3.60. The Morgan fingerprint density at radius 2 is 1.85 bits per heavy atom. The average molecular weight is 362 g/mol. The lowest BCUT2D eigenvalue weighted by Gasteiger charge is -2.34. The van der Waals surface area contributed by atoms with Crippen molar-refractivity contribution in [2.24, 2.45) is 0 Å². The minimum absolute atomic E-state index is 0.119. The Morgan fingerprint density at radius 1 is 1.15 bits per heavy atom. The van der Waals surface area contributed by atoms with Crippen molar-refractivity contribution in [3.05, 3.63) is 35.9 Å². The normalized spacial score (nSPS) is 24.8. The van der Waals surface area contributed by atoms with Gasteiger partial charge in [-0.2, -0.15) is 0 Å². The summed E-state index contributed by atoms with van der Waals surface area (Å²) in [7, 11) is 1.56. The van der Waals surface area contributed by atoms with Crippen molar-refractivity contribution in [3.63, 3.8) is 0 Å². The maximum atomic E-state index is 12.2. The molecule has 2 unspecified atom stereocenters. The first kappa shape index (κ1) is 19.1. The van der Waals surface area contributed by atoms with Gasteiger partial charge in [-0.05, 0) is 5.56 Å². The quantitative estimate of drug-likeness (QED) is 0.757. The second kappa shape index (κ2) is 9.32. The van der Waals surface area contributed by atoms with E-state index in [2.05, 4.69) is 39.4 Å². The molecule has 3 rings (SSSR count). The number of β-amino-alcohol motifs (C(OH)–C–C–N with tert-alkyl or cyclic N) is 1. The first-order valence-electron chi connectivity index (χ1n) is 9.38. The van der Waals surface area contributed by atoms with E-state index in [4.69, 9.17) is 4.74 Å². The summed E-state index contributed by atoms with van der Waals surface area (Å²) in [5, 5.41) is 12.8. The zero-order chi connectivity index (χ0) is 18.4. The number of nitrogens with one attached hydrogen (secondary N) is 1. The molecule has 2 amide bonds. The number of methoxy groups -OCH3 is 1. The molecular formula is C19H30N4O3.